The van der Waals surface area contributed by atoms with Gasteiger partial charge in [-0.1, -0.05) is 77.2 Å². The number of rotatable bonds is 17. The van der Waals surface area contributed by atoms with Crippen molar-refractivity contribution >= 4 is 6.09 Å². The molecular weight excluding hydrogens is 286 g/mol. The molecule has 0 unspecified atom stereocenters. The van der Waals surface area contributed by atoms with Gasteiger partial charge in [0, 0.05) is 6.54 Å². The zero-order valence-corrected chi connectivity index (χ0v) is 15.4. The van der Waals surface area contributed by atoms with Crippen LogP contribution in [0.5, 0.6) is 0 Å². The Kier molecular flexibility index (Phi) is 18.2. The van der Waals surface area contributed by atoms with Gasteiger partial charge in [-0.05, 0) is 25.7 Å². The summed E-state index contributed by atoms with van der Waals surface area (Å²) in [5.41, 5.74) is 0. The smallest absolute Gasteiger partial charge is 0.407 e. The molecule has 0 aliphatic heterocycles. The van der Waals surface area contributed by atoms with E-state index >= 15 is 0 Å². The van der Waals surface area contributed by atoms with Crippen molar-refractivity contribution in [1.82, 2.24) is 5.32 Å². The predicted molar refractivity (Wildman–Crippen MR) is 99.9 cm³/mol. The van der Waals surface area contributed by atoms with Gasteiger partial charge < -0.3 is 10.1 Å². The molecule has 0 aliphatic rings. The quantitative estimate of drug-likeness (QED) is 0.249. The Labute approximate surface area is 144 Å². The highest BCUT2D eigenvalue weighted by atomic mass is 16.5. The van der Waals surface area contributed by atoms with Crippen LogP contribution in [0.15, 0.2) is 12.7 Å². The first kappa shape index (κ1) is 22.0. The fraction of sp³-hybridized carbons (Fsp3) is 0.850. The van der Waals surface area contributed by atoms with Crippen LogP contribution in [-0.4, -0.2) is 19.2 Å². The minimum absolute atomic E-state index is 0.247. The Hall–Kier alpha value is -0.990. The molecule has 0 aromatic rings. The average molecular weight is 326 g/mol. The molecular formula is C20H39NO2. The van der Waals surface area contributed by atoms with E-state index in [1.165, 1.54) is 64.2 Å². The summed E-state index contributed by atoms with van der Waals surface area (Å²) in [6, 6.07) is 0. The Morgan fingerprint density at radius 1 is 0.870 bits per heavy atom. The summed E-state index contributed by atoms with van der Waals surface area (Å²) >= 11 is 0. The number of carbonyl (C=O) groups is 1. The summed E-state index contributed by atoms with van der Waals surface area (Å²) in [5, 5.41) is 2.84. The maximum Gasteiger partial charge on any atom is 0.407 e. The van der Waals surface area contributed by atoms with Crippen LogP contribution >= 0.6 is 0 Å². The minimum atomic E-state index is -0.247. The van der Waals surface area contributed by atoms with E-state index in [0.29, 0.717) is 6.61 Å². The molecule has 1 N–H and O–H groups in total. The Morgan fingerprint density at radius 3 is 2.09 bits per heavy atom. The van der Waals surface area contributed by atoms with E-state index in [1.807, 2.05) is 6.08 Å². The molecule has 0 aromatic heterocycles. The molecule has 0 rings (SSSR count). The minimum Gasteiger partial charge on any atom is -0.450 e. The fourth-order valence-corrected chi connectivity index (χ4v) is 2.59. The van der Waals surface area contributed by atoms with Gasteiger partial charge >= 0.3 is 6.09 Å². The number of nitrogens with one attached hydrogen (secondary N) is 1. The van der Waals surface area contributed by atoms with Gasteiger partial charge in [0.05, 0.1) is 6.61 Å². The number of carbonyl (C=O) groups excluding carboxylic acids is 1. The second-order valence-electron chi connectivity index (χ2n) is 6.38. The normalized spacial score (nSPS) is 10.5. The molecule has 0 spiro atoms. The van der Waals surface area contributed by atoms with Crippen LogP contribution < -0.4 is 5.32 Å². The van der Waals surface area contributed by atoms with Crippen LogP contribution in [-0.2, 0) is 4.74 Å². The molecule has 3 heteroatoms. The molecule has 136 valence electrons. The van der Waals surface area contributed by atoms with Crippen molar-refractivity contribution in [2.24, 2.45) is 0 Å². The highest BCUT2D eigenvalue weighted by Gasteiger charge is 2.00. The van der Waals surface area contributed by atoms with Gasteiger partial charge in [-0.15, -0.1) is 6.58 Å². The lowest BCUT2D eigenvalue weighted by atomic mass is 10.1. The molecule has 3 nitrogen and oxygen atoms in total. The third-order valence-corrected chi connectivity index (χ3v) is 4.09. The van der Waals surface area contributed by atoms with Gasteiger partial charge in [-0.2, -0.15) is 0 Å². The average Bonchev–Trinajstić information content (AvgIpc) is 2.55. The van der Waals surface area contributed by atoms with E-state index in [9.17, 15) is 4.79 Å². The SMILES string of the molecule is C=CCCCCCCCCCOC(=O)NCCCCCCCC. The maximum atomic E-state index is 11.5. The summed E-state index contributed by atoms with van der Waals surface area (Å²) in [4.78, 5) is 11.5. The molecule has 23 heavy (non-hydrogen) atoms. The summed E-state index contributed by atoms with van der Waals surface area (Å²) in [7, 11) is 0. The predicted octanol–water partition coefficient (Wildman–Crippen LogP) is 6.38. The van der Waals surface area contributed by atoms with Crippen molar-refractivity contribution in [1.29, 1.82) is 0 Å². The monoisotopic (exact) mass is 325 g/mol. The molecule has 0 fully saturated rings. The summed E-state index contributed by atoms with van der Waals surface area (Å²) in [5.74, 6) is 0. The summed E-state index contributed by atoms with van der Waals surface area (Å²) < 4.78 is 5.19. The van der Waals surface area contributed by atoms with Crippen molar-refractivity contribution in [2.75, 3.05) is 13.2 Å². The van der Waals surface area contributed by atoms with Crippen LogP contribution in [0.4, 0.5) is 4.79 Å². The van der Waals surface area contributed by atoms with E-state index < -0.39 is 0 Å². The maximum absolute atomic E-state index is 11.5. The number of ether oxygens (including phenoxy) is 1. The molecule has 1 amide bonds. The molecule has 0 saturated heterocycles. The zero-order chi connectivity index (χ0) is 17.0. The van der Waals surface area contributed by atoms with E-state index in [0.717, 1.165) is 32.2 Å². The lowest BCUT2D eigenvalue weighted by Crippen LogP contribution is -2.25. The van der Waals surface area contributed by atoms with Gasteiger partial charge in [-0.25, -0.2) is 4.79 Å². The first-order valence-electron chi connectivity index (χ1n) is 9.82. The first-order valence-corrected chi connectivity index (χ1v) is 9.82. The summed E-state index contributed by atoms with van der Waals surface area (Å²) in [6.07, 6.45) is 18.9. The van der Waals surface area contributed by atoms with Gasteiger partial charge in [0.25, 0.3) is 0 Å². The van der Waals surface area contributed by atoms with Crippen molar-refractivity contribution in [2.45, 2.75) is 96.8 Å². The number of alkyl carbamates (subject to hydrolysis) is 1. The van der Waals surface area contributed by atoms with Gasteiger partial charge in [0.1, 0.15) is 0 Å². The van der Waals surface area contributed by atoms with Crippen molar-refractivity contribution < 1.29 is 9.53 Å². The molecule has 0 radical (unpaired) electrons. The topological polar surface area (TPSA) is 38.3 Å². The Balaban J connectivity index is 3.14. The van der Waals surface area contributed by atoms with Crippen LogP contribution in [0, 0.1) is 0 Å². The molecule has 0 aromatic carbocycles. The Morgan fingerprint density at radius 2 is 1.43 bits per heavy atom. The lowest BCUT2D eigenvalue weighted by molar-refractivity contribution is 0.143. The van der Waals surface area contributed by atoms with Gasteiger partial charge in [0.15, 0.2) is 0 Å². The number of hydrogen-bond acceptors (Lipinski definition) is 2. The standard InChI is InChI=1S/C20H39NO2/c1-3-5-7-9-11-12-13-15-17-19-23-20(22)21-18-16-14-10-8-6-4-2/h3H,1,4-19H2,2H3,(H,21,22). The van der Waals surface area contributed by atoms with Crippen LogP contribution in [0.1, 0.15) is 96.8 Å². The van der Waals surface area contributed by atoms with E-state index in [1.54, 1.807) is 0 Å². The number of allylic oxidation sites excluding steroid dienone is 1. The van der Waals surface area contributed by atoms with Crippen molar-refractivity contribution in [3.63, 3.8) is 0 Å². The zero-order valence-electron chi connectivity index (χ0n) is 15.4. The number of hydrogen-bond donors (Lipinski definition) is 1. The third kappa shape index (κ3) is 19.0. The molecule has 0 bridgehead atoms. The largest absolute Gasteiger partial charge is 0.450 e. The van der Waals surface area contributed by atoms with Gasteiger partial charge in [-0.3, -0.25) is 0 Å². The molecule has 0 heterocycles. The number of unbranched alkanes of at least 4 members (excludes halogenated alkanes) is 12. The number of amides is 1. The van der Waals surface area contributed by atoms with Crippen molar-refractivity contribution in [3.05, 3.63) is 12.7 Å². The van der Waals surface area contributed by atoms with Gasteiger partial charge in [0.2, 0.25) is 0 Å². The summed E-state index contributed by atoms with van der Waals surface area (Å²) in [6.45, 7) is 7.26. The Bertz CT molecular complexity index is 266. The highest BCUT2D eigenvalue weighted by molar-refractivity contribution is 5.66. The molecule has 0 atom stereocenters. The third-order valence-electron chi connectivity index (χ3n) is 4.09. The van der Waals surface area contributed by atoms with Crippen LogP contribution in [0.3, 0.4) is 0 Å². The fourth-order valence-electron chi connectivity index (χ4n) is 2.59. The second-order valence-corrected chi connectivity index (χ2v) is 6.38. The van der Waals surface area contributed by atoms with E-state index in [4.69, 9.17) is 4.74 Å². The van der Waals surface area contributed by atoms with Crippen LogP contribution in [0.25, 0.3) is 0 Å². The van der Waals surface area contributed by atoms with E-state index in [-0.39, 0.29) is 6.09 Å². The first-order chi connectivity index (χ1) is 11.3. The van der Waals surface area contributed by atoms with Crippen molar-refractivity contribution in [3.8, 4) is 0 Å². The highest BCUT2D eigenvalue weighted by Crippen LogP contribution is 2.08. The van der Waals surface area contributed by atoms with E-state index in [2.05, 4.69) is 18.8 Å². The lowest BCUT2D eigenvalue weighted by Gasteiger charge is -2.07. The van der Waals surface area contributed by atoms with Crippen LogP contribution in [0.2, 0.25) is 0 Å². The second kappa shape index (κ2) is 19.1. The molecule has 0 aliphatic carbocycles. The molecule has 0 saturated carbocycles.